The monoisotopic (exact) mass is 290 g/mol. The zero-order chi connectivity index (χ0) is 15.5. The van der Waals surface area contributed by atoms with Gasteiger partial charge in [-0.25, -0.2) is 0 Å². The number of benzene rings is 1. The van der Waals surface area contributed by atoms with E-state index < -0.39 is 0 Å². The van der Waals surface area contributed by atoms with Crippen molar-refractivity contribution in [3.8, 4) is 0 Å². The molecule has 3 rings (SSSR count). The van der Waals surface area contributed by atoms with Gasteiger partial charge in [-0.15, -0.1) is 5.10 Å². The molecule has 2 aliphatic rings. The van der Waals surface area contributed by atoms with E-state index in [1.165, 1.54) is 0 Å². The van der Waals surface area contributed by atoms with Gasteiger partial charge in [-0.1, -0.05) is 24.3 Å². The molecule has 0 aromatic heterocycles. The van der Waals surface area contributed by atoms with Crippen LogP contribution >= 0.6 is 0 Å². The molecule has 0 spiro atoms. The van der Waals surface area contributed by atoms with Crippen molar-refractivity contribution in [2.45, 2.75) is 6.92 Å². The number of hydrogen-bond donors (Lipinski definition) is 2. The van der Waals surface area contributed by atoms with Crippen molar-refractivity contribution in [3.63, 3.8) is 0 Å². The number of fused-ring (bicyclic) bond motifs is 1. The Hall–Kier alpha value is -3.01. The molecule has 108 valence electrons. The first kappa shape index (κ1) is 13.9. The molecule has 0 unspecified atom stereocenters. The van der Waals surface area contributed by atoms with E-state index >= 15 is 0 Å². The van der Waals surface area contributed by atoms with Crippen LogP contribution < -0.4 is 15.8 Å². The summed E-state index contributed by atoms with van der Waals surface area (Å²) in [5.74, 6) is 0.111. The van der Waals surface area contributed by atoms with E-state index in [0.29, 0.717) is 17.1 Å². The van der Waals surface area contributed by atoms with Crippen LogP contribution in [0.5, 0.6) is 0 Å². The Bertz CT molecular complexity index is 894. The van der Waals surface area contributed by atoms with Crippen LogP contribution in [0.2, 0.25) is 0 Å². The maximum absolute atomic E-state index is 10.1. The number of rotatable bonds is 1. The fraction of sp³-hybridized carbons (Fsp3) is 0.0556. The summed E-state index contributed by atoms with van der Waals surface area (Å²) in [4.78, 5) is 0. The molecule has 0 amide bonds. The van der Waals surface area contributed by atoms with Crippen LogP contribution in [-0.4, -0.2) is 22.2 Å². The highest BCUT2D eigenvalue weighted by Gasteiger charge is 2.14. The molecule has 0 saturated carbocycles. The Morgan fingerprint density at radius 1 is 1.05 bits per heavy atom. The molecule has 0 saturated heterocycles. The Labute approximate surface area is 128 Å². The Kier molecular flexibility index (Phi) is 3.66. The number of aliphatic hydroxyl groups is 1. The minimum absolute atomic E-state index is 0.111. The second-order valence-electron chi connectivity index (χ2n) is 4.99. The van der Waals surface area contributed by atoms with Gasteiger partial charge in [0.1, 0.15) is 11.5 Å². The SMILES string of the molecule is CC=c1ccc2c(c1)C(=NN=C1C=CC(=[NH2+])C=C1)C(O)=CC=2. The van der Waals surface area contributed by atoms with Crippen LogP contribution in [0.15, 0.2) is 64.5 Å². The third kappa shape index (κ3) is 2.72. The summed E-state index contributed by atoms with van der Waals surface area (Å²) < 4.78 is 0. The van der Waals surface area contributed by atoms with Crippen molar-refractivity contribution in [2.24, 2.45) is 10.2 Å². The lowest BCUT2D eigenvalue weighted by Gasteiger charge is -2.09. The number of hydrogen-bond acceptors (Lipinski definition) is 3. The summed E-state index contributed by atoms with van der Waals surface area (Å²) in [7, 11) is 0. The molecule has 0 aliphatic heterocycles. The summed E-state index contributed by atoms with van der Waals surface area (Å²) in [5, 5.41) is 26.3. The van der Waals surface area contributed by atoms with E-state index in [1.807, 2.05) is 37.3 Å². The molecule has 0 fully saturated rings. The zero-order valence-electron chi connectivity index (χ0n) is 12.2. The molecule has 2 aliphatic carbocycles. The van der Waals surface area contributed by atoms with Crippen molar-refractivity contribution < 1.29 is 10.5 Å². The minimum atomic E-state index is 0.111. The van der Waals surface area contributed by atoms with Crippen molar-refractivity contribution >= 4 is 29.3 Å². The van der Waals surface area contributed by atoms with E-state index in [0.717, 1.165) is 16.0 Å². The Balaban J connectivity index is 2.08. The highest BCUT2D eigenvalue weighted by molar-refractivity contribution is 6.17. The molecule has 4 nitrogen and oxygen atoms in total. The predicted octanol–water partition coefficient (Wildman–Crippen LogP) is 0.194. The lowest BCUT2D eigenvalue weighted by atomic mass is 10.00. The molecule has 0 heterocycles. The normalized spacial score (nSPS) is 19.0. The van der Waals surface area contributed by atoms with Crippen LogP contribution in [0.25, 0.3) is 12.2 Å². The quantitative estimate of drug-likeness (QED) is 0.563. The summed E-state index contributed by atoms with van der Waals surface area (Å²) in [6, 6.07) is 6.03. The first-order chi connectivity index (χ1) is 10.7. The molecule has 3 N–H and O–H groups in total. The third-order valence-corrected chi connectivity index (χ3v) is 3.49. The predicted molar refractivity (Wildman–Crippen MR) is 90.2 cm³/mol. The van der Waals surface area contributed by atoms with Crippen LogP contribution in [0, 0.1) is 0 Å². The molecule has 0 bridgehead atoms. The highest BCUT2D eigenvalue weighted by atomic mass is 16.3. The average Bonchev–Trinajstić information content (AvgIpc) is 2.55. The van der Waals surface area contributed by atoms with Crippen molar-refractivity contribution in [3.05, 3.63) is 70.3 Å². The average molecular weight is 290 g/mol. The first-order valence-electron chi connectivity index (χ1n) is 7.00. The number of nitrogens with zero attached hydrogens (tertiary/aromatic N) is 2. The molecular formula is C18H16N3O+. The molecule has 0 atom stereocenters. The Morgan fingerprint density at radius 3 is 2.55 bits per heavy atom. The van der Waals surface area contributed by atoms with E-state index in [4.69, 9.17) is 5.41 Å². The van der Waals surface area contributed by atoms with Crippen LogP contribution in [0.1, 0.15) is 12.5 Å². The van der Waals surface area contributed by atoms with Gasteiger partial charge >= 0.3 is 0 Å². The molecule has 22 heavy (non-hydrogen) atoms. The van der Waals surface area contributed by atoms with Gasteiger partial charge in [-0.2, -0.15) is 5.10 Å². The van der Waals surface area contributed by atoms with E-state index in [-0.39, 0.29) is 5.76 Å². The topological polar surface area (TPSA) is 70.5 Å². The van der Waals surface area contributed by atoms with Crippen molar-refractivity contribution in [2.75, 3.05) is 0 Å². The van der Waals surface area contributed by atoms with Crippen LogP contribution in [-0.2, 0) is 0 Å². The maximum Gasteiger partial charge on any atom is 0.196 e. The number of nitrogens with two attached hydrogens (primary N) is 1. The molecule has 1 aromatic carbocycles. The van der Waals surface area contributed by atoms with Crippen LogP contribution in [0.4, 0.5) is 0 Å². The molecule has 1 aromatic rings. The van der Waals surface area contributed by atoms with Gasteiger partial charge < -0.3 is 5.11 Å². The van der Waals surface area contributed by atoms with Gasteiger partial charge in [0.25, 0.3) is 0 Å². The molecule has 0 radical (unpaired) electrons. The Morgan fingerprint density at radius 2 is 1.82 bits per heavy atom. The molecular weight excluding hydrogens is 274 g/mol. The fourth-order valence-electron chi connectivity index (χ4n) is 2.24. The lowest BCUT2D eigenvalue weighted by molar-refractivity contribution is -0.110. The maximum atomic E-state index is 10.1. The smallest absolute Gasteiger partial charge is 0.196 e. The van der Waals surface area contributed by atoms with Gasteiger partial charge in [0, 0.05) is 17.7 Å². The van der Waals surface area contributed by atoms with Gasteiger partial charge in [0.2, 0.25) is 0 Å². The zero-order valence-corrected chi connectivity index (χ0v) is 12.2. The number of aliphatic hydroxyl groups excluding tert-OH is 1. The van der Waals surface area contributed by atoms with Gasteiger partial charge in [0.15, 0.2) is 5.71 Å². The minimum Gasteiger partial charge on any atom is -0.506 e. The second kappa shape index (κ2) is 5.77. The summed E-state index contributed by atoms with van der Waals surface area (Å²) in [6.07, 6.45) is 12.6. The van der Waals surface area contributed by atoms with E-state index in [2.05, 4.69) is 10.2 Å². The largest absolute Gasteiger partial charge is 0.506 e. The summed E-state index contributed by atoms with van der Waals surface area (Å²) >= 11 is 0. The molecule has 4 heteroatoms. The highest BCUT2D eigenvalue weighted by Crippen LogP contribution is 2.08. The standard InChI is InChI=1S/C18H15N3O/c1-2-12-3-4-13-5-10-17(22)18(16(13)11-12)21-20-15-8-6-14(19)7-9-15/h2-11,19,22H,1H3/p+1. The first-order valence-corrected chi connectivity index (χ1v) is 7.00. The van der Waals surface area contributed by atoms with Gasteiger partial charge in [0.05, 0.1) is 5.71 Å². The summed E-state index contributed by atoms with van der Waals surface area (Å²) in [5.41, 5.74) is 2.70. The van der Waals surface area contributed by atoms with E-state index in [9.17, 15) is 5.11 Å². The number of allylic oxidation sites excluding steroid dienone is 6. The third-order valence-electron chi connectivity index (χ3n) is 3.49. The fourth-order valence-corrected chi connectivity index (χ4v) is 2.24. The van der Waals surface area contributed by atoms with Crippen molar-refractivity contribution in [1.82, 2.24) is 0 Å². The van der Waals surface area contributed by atoms with Gasteiger partial charge in [-0.3, -0.25) is 5.41 Å². The summed E-state index contributed by atoms with van der Waals surface area (Å²) in [6.45, 7) is 1.97. The lowest BCUT2D eigenvalue weighted by Crippen LogP contribution is -2.37. The van der Waals surface area contributed by atoms with Crippen LogP contribution in [0.3, 0.4) is 0 Å². The van der Waals surface area contributed by atoms with E-state index in [1.54, 1.807) is 30.4 Å². The van der Waals surface area contributed by atoms with Crippen molar-refractivity contribution in [1.29, 1.82) is 0 Å². The second-order valence-corrected chi connectivity index (χ2v) is 4.99. The van der Waals surface area contributed by atoms with Gasteiger partial charge in [-0.05, 0) is 41.7 Å².